The quantitative estimate of drug-likeness (QED) is 0.688. The molecule has 2 nitrogen and oxygen atoms in total. The number of nitrogens with zero attached hydrogens (tertiary/aromatic N) is 1. The zero-order valence-corrected chi connectivity index (χ0v) is 12.2. The molecule has 2 heteroatoms. The molecule has 0 saturated carbocycles. The molecule has 0 spiro atoms. The third-order valence-electron chi connectivity index (χ3n) is 3.84. The van der Waals surface area contributed by atoms with Gasteiger partial charge in [-0.15, -0.1) is 0 Å². The Morgan fingerprint density at radius 2 is 1.90 bits per heavy atom. The van der Waals surface area contributed by atoms with Gasteiger partial charge in [0.2, 0.25) is 0 Å². The molecule has 3 aromatic rings. The molecule has 0 aliphatic rings. The van der Waals surface area contributed by atoms with Gasteiger partial charge in [0.15, 0.2) is 0 Å². The summed E-state index contributed by atoms with van der Waals surface area (Å²) < 4.78 is 7.70. The first-order valence-electron chi connectivity index (χ1n) is 6.87. The Kier molecular flexibility index (Phi) is 3.23. The van der Waals surface area contributed by atoms with Crippen molar-refractivity contribution in [3.63, 3.8) is 0 Å². The van der Waals surface area contributed by atoms with E-state index in [4.69, 9.17) is 4.74 Å². The Balaban J connectivity index is 2.05. The van der Waals surface area contributed by atoms with Crippen molar-refractivity contribution in [2.75, 3.05) is 7.11 Å². The molecular formula is C18H19NO. The lowest BCUT2D eigenvalue weighted by Crippen LogP contribution is -2.00. The van der Waals surface area contributed by atoms with Crippen LogP contribution in [-0.4, -0.2) is 11.7 Å². The summed E-state index contributed by atoms with van der Waals surface area (Å²) in [6.07, 6.45) is 2.13. The van der Waals surface area contributed by atoms with Crippen molar-refractivity contribution < 1.29 is 4.74 Å². The minimum atomic E-state index is 0.893. The number of hydrogen-bond donors (Lipinski definition) is 0. The summed E-state index contributed by atoms with van der Waals surface area (Å²) in [6, 6.07) is 14.9. The van der Waals surface area contributed by atoms with Gasteiger partial charge in [0.25, 0.3) is 0 Å². The second-order valence-electron chi connectivity index (χ2n) is 5.27. The Morgan fingerprint density at radius 1 is 1.05 bits per heavy atom. The van der Waals surface area contributed by atoms with Gasteiger partial charge in [-0.1, -0.05) is 29.8 Å². The van der Waals surface area contributed by atoms with Gasteiger partial charge in [0, 0.05) is 18.1 Å². The fourth-order valence-electron chi connectivity index (χ4n) is 2.67. The van der Waals surface area contributed by atoms with E-state index in [1.54, 1.807) is 7.11 Å². The molecule has 1 heterocycles. The minimum Gasteiger partial charge on any atom is -0.496 e. The van der Waals surface area contributed by atoms with Crippen LogP contribution in [0.25, 0.3) is 10.9 Å². The van der Waals surface area contributed by atoms with Gasteiger partial charge in [-0.3, -0.25) is 0 Å². The number of ether oxygens (including phenoxy) is 1. The van der Waals surface area contributed by atoms with Crippen LogP contribution in [0.3, 0.4) is 0 Å². The van der Waals surface area contributed by atoms with Crippen LogP contribution < -0.4 is 4.74 Å². The summed E-state index contributed by atoms with van der Waals surface area (Å²) in [5.41, 5.74) is 5.22. The monoisotopic (exact) mass is 265 g/mol. The van der Waals surface area contributed by atoms with E-state index in [2.05, 4.69) is 54.9 Å². The van der Waals surface area contributed by atoms with Gasteiger partial charge in [-0.2, -0.15) is 0 Å². The summed E-state index contributed by atoms with van der Waals surface area (Å²) in [5, 5.41) is 1.17. The molecule has 0 radical (unpaired) electrons. The van der Waals surface area contributed by atoms with Crippen LogP contribution in [0.1, 0.15) is 16.7 Å². The lowest BCUT2D eigenvalue weighted by atomic mass is 10.1. The maximum atomic E-state index is 5.42. The molecule has 3 rings (SSSR count). The van der Waals surface area contributed by atoms with E-state index < -0.39 is 0 Å². The summed E-state index contributed by atoms with van der Waals surface area (Å²) >= 11 is 0. The largest absolute Gasteiger partial charge is 0.496 e. The lowest BCUT2D eigenvalue weighted by molar-refractivity contribution is 0.420. The number of fused-ring (bicyclic) bond motifs is 1. The van der Waals surface area contributed by atoms with Crippen molar-refractivity contribution in [1.29, 1.82) is 0 Å². The second-order valence-corrected chi connectivity index (χ2v) is 5.27. The topological polar surface area (TPSA) is 14.2 Å². The molecule has 0 bridgehead atoms. The predicted octanol–water partition coefficient (Wildman–Crippen LogP) is 4.32. The van der Waals surface area contributed by atoms with Crippen LogP contribution in [0.5, 0.6) is 5.75 Å². The predicted molar refractivity (Wildman–Crippen MR) is 83.5 cm³/mol. The summed E-state index contributed by atoms with van der Waals surface area (Å²) in [5.74, 6) is 0.933. The first-order chi connectivity index (χ1) is 9.69. The molecular weight excluding hydrogens is 246 g/mol. The third kappa shape index (κ3) is 2.18. The molecule has 0 amide bonds. The van der Waals surface area contributed by atoms with E-state index in [0.717, 1.165) is 12.3 Å². The SMILES string of the molecule is COc1cccc2c1ccn2Cc1cc(C)ccc1C. The molecule has 0 N–H and O–H groups in total. The van der Waals surface area contributed by atoms with Gasteiger partial charge < -0.3 is 9.30 Å². The Morgan fingerprint density at radius 3 is 2.70 bits per heavy atom. The van der Waals surface area contributed by atoms with Crippen LogP contribution in [-0.2, 0) is 6.54 Å². The van der Waals surface area contributed by atoms with Crippen LogP contribution in [0.15, 0.2) is 48.7 Å². The van der Waals surface area contributed by atoms with Crippen LogP contribution in [0.4, 0.5) is 0 Å². The van der Waals surface area contributed by atoms with Gasteiger partial charge in [0.05, 0.1) is 12.6 Å². The molecule has 102 valence electrons. The minimum absolute atomic E-state index is 0.893. The summed E-state index contributed by atoms with van der Waals surface area (Å²) in [7, 11) is 1.72. The molecule has 0 atom stereocenters. The number of benzene rings is 2. The third-order valence-corrected chi connectivity index (χ3v) is 3.84. The average Bonchev–Trinajstić information content (AvgIpc) is 2.86. The summed E-state index contributed by atoms with van der Waals surface area (Å²) in [4.78, 5) is 0. The standard InChI is InChI=1S/C18H19NO/c1-13-7-8-14(2)15(11-13)12-19-10-9-16-17(19)5-4-6-18(16)20-3/h4-11H,12H2,1-3H3. The highest BCUT2D eigenvalue weighted by Gasteiger charge is 2.07. The van der Waals surface area contributed by atoms with Crippen molar-refractivity contribution in [1.82, 2.24) is 4.57 Å². The molecule has 0 saturated heterocycles. The van der Waals surface area contributed by atoms with Crippen molar-refractivity contribution in [3.05, 3.63) is 65.4 Å². The molecule has 1 aromatic heterocycles. The van der Waals surface area contributed by atoms with E-state index >= 15 is 0 Å². The highest BCUT2D eigenvalue weighted by atomic mass is 16.5. The highest BCUT2D eigenvalue weighted by molar-refractivity contribution is 5.86. The van der Waals surface area contributed by atoms with Crippen LogP contribution >= 0.6 is 0 Å². The van der Waals surface area contributed by atoms with Crippen molar-refractivity contribution in [2.45, 2.75) is 20.4 Å². The second kappa shape index (κ2) is 5.04. The average molecular weight is 265 g/mol. The van der Waals surface area contributed by atoms with E-state index in [-0.39, 0.29) is 0 Å². The Hall–Kier alpha value is -2.22. The Bertz CT molecular complexity index is 755. The smallest absolute Gasteiger partial charge is 0.128 e. The van der Waals surface area contributed by atoms with Crippen LogP contribution in [0.2, 0.25) is 0 Å². The molecule has 20 heavy (non-hydrogen) atoms. The maximum Gasteiger partial charge on any atom is 0.128 e. The van der Waals surface area contributed by atoms with Gasteiger partial charge in [0.1, 0.15) is 5.75 Å². The van der Waals surface area contributed by atoms with Crippen LogP contribution in [0, 0.1) is 13.8 Å². The van der Waals surface area contributed by atoms with Gasteiger partial charge in [-0.25, -0.2) is 0 Å². The van der Waals surface area contributed by atoms with Gasteiger partial charge >= 0.3 is 0 Å². The summed E-state index contributed by atoms with van der Waals surface area (Å²) in [6.45, 7) is 5.20. The number of aryl methyl sites for hydroxylation is 2. The number of methoxy groups -OCH3 is 1. The normalized spacial score (nSPS) is 10.9. The van der Waals surface area contributed by atoms with Crippen molar-refractivity contribution in [2.24, 2.45) is 0 Å². The molecule has 0 aliphatic heterocycles. The molecule has 0 unspecified atom stereocenters. The zero-order chi connectivity index (χ0) is 14.1. The van der Waals surface area contributed by atoms with E-state index in [9.17, 15) is 0 Å². The molecule has 0 aliphatic carbocycles. The molecule has 0 fully saturated rings. The van der Waals surface area contributed by atoms with Crippen molar-refractivity contribution in [3.8, 4) is 5.75 Å². The first kappa shape index (κ1) is 12.8. The fourth-order valence-corrected chi connectivity index (χ4v) is 2.67. The number of hydrogen-bond acceptors (Lipinski definition) is 1. The Labute approximate surface area is 119 Å². The van der Waals surface area contributed by atoms with E-state index in [1.165, 1.54) is 27.6 Å². The maximum absolute atomic E-state index is 5.42. The highest BCUT2D eigenvalue weighted by Crippen LogP contribution is 2.27. The van der Waals surface area contributed by atoms with Crippen molar-refractivity contribution >= 4 is 10.9 Å². The van der Waals surface area contributed by atoms with Gasteiger partial charge in [-0.05, 0) is 43.2 Å². The number of rotatable bonds is 3. The fraction of sp³-hybridized carbons (Fsp3) is 0.222. The number of aromatic nitrogens is 1. The van der Waals surface area contributed by atoms with E-state index in [1.807, 2.05) is 12.1 Å². The lowest BCUT2D eigenvalue weighted by Gasteiger charge is -2.10. The van der Waals surface area contributed by atoms with E-state index in [0.29, 0.717) is 0 Å². The molecule has 2 aromatic carbocycles. The zero-order valence-electron chi connectivity index (χ0n) is 12.2. The first-order valence-corrected chi connectivity index (χ1v) is 6.87.